The Morgan fingerprint density at radius 3 is 2.88 bits per heavy atom. The van der Waals surface area contributed by atoms with E-state index in [1.54, 1.807) is 13.3 Å². The highest BCUT2D eigenvalue weighted by Crippen LogP contribution is 2.25. The zero-order valence-corrected chi connectivity index (χ0v) is 14.9. The average Bonchev–Trinajstić information content (AvgIpc) is 3.14. The molecule has 6 nitrogen and oxygen atoms in total. The molecule has 2 heterocycles. The summed E-state index contributed by atoms with van der Waals surface area (Å²) in [6.45, 7) is 5.12. The van der Waals surface area contributed by atoms with Gasteiger partial charge in [0, 0.05) is 51.4 Å². The van der Waals surface area contributed by atoms with E-state index in [4.69, 9.17) is 4.74 Å². The second-order valence-corrected chi connectivity index (χ2v) is 6.22. The Morgan fingerprint density at radius 1 is 1.36 bits per heavy atom. The number of amides is 1. The standard InChI is InChI=1S/C19H26N4O2/c1-3-18-21-10-12-22(18)11-8-19(24)23-13-9-20-14-17(23)15-4-6-16(25-2)7-5-15/h4-7,10,12,17,20H,3,8-9,11,13-14H2,1-2H3. The van der Waals surface area contributed by atoms with Gasteiger partial charge in [-0.1, -0.05) is 19.1 Å². The molecule has 0 bridgehead atoms. The molecule has 0 spiro atoms. The second-order valence-electron chi connectivity index (χ2n) is 6.22. The number of benzene rings is 1. The van der Waals surface area contributed by atoms with Crippen molar-refractivity contribution in [2.75, 3.05) is 26.7 Å². The zero-order chi connectivity index (χ0) is 17.6. The molecule has 0 radical (unpaired) electrons. The van der Waals surface area contributed by atoms with Crippen molar-refractivity contribution < 1.29 is 9.53 Å². The summed E-state index contributed by atoms with van der Waals surface area (Å²) in [7, 11) is 1.66. The molecule has 1 N–H and O–H groups in total. The number of hydrogen-bond acceptors (Lipinski definition) is 4. The first-order valence-corrected chi connectivity index (χ1v) is 8.87. The van der Waals surface area contributed by atoms with E-state index in [1.807, 2.05) is 35.4 Å². The van der Waals surface area contributed by atoms with Crippen molar-refractivity contribution in [2.24, 2.45) is 0 Å². The van der Waals surface area contributed by atoms with E-state index in [-0.39, 0.29) is 11.9 Å². The van der Waals surface area contributed by atoms with Crippen molar-refractivity contribution in [3.8, 4) is 5.75 Å². The Kier molecular flexibility index (Phi) is 5.71. The van der Waals surface area contributed by atoms with Crippen molar-refractivity contribution in [2.45, 2.75) is 32.4 Å². The predicted octanol–water partition coefficient (Wildman–Crippen LogP) is 2.02. The lowest BCUT2D eigenvalue weighted by Crippen LogP contribution is -2.48. The third kappa shape index (κ3) is 4.02. The van der Waals surface area contributed by atoms with E-state index in [1.165, 1.54) is 0 Å². The molecule has 25 heavy (non-hydrogen) atoms. The molecule has 1 amide bonds. The van der Waals surface area contributed by atoms with Crippen LogP contribution in [0.15, 0.2) is 36.7 Å². The van der Waals surface area contributed by atoms with Crippen LogP contribution in [0.3, 0.4) is 0 Å². The van der Waals surface area contributed by atoms with Crippen molar-refractivity contribution in [3.05, 3.63) is 48.0 Å². The van der Waals surface area contributed by atoms with E-state index in [0.717, 1.165) is 43.2 Å². The molecule has 1 aliphatic rings. The van der Waals surface area contributed by atoms with Gasteiger partial charge in [0.15, 0.2) is 0 Å². The molecular formula is C19H26N4O2. The third-order valence-corrected chi connectivity index (χ3v) is 4.75. The maximum atomic E-state index is 12.8. The zero-order valence-electron chi connectivity index (χ0n) is 14.9. The molecule has 0 saturated carbocycles. The molecule has 0 aliphatic carbocycles. The van der Waals surface area contributed by atoms with E-state index in [2.05, 4.69) is 21.8 Å². The van der Waals surface area contributed by atoms with Crippen molar-refractivity contribution >= 4 is 5.91 Å². The van der Waals surface area contributed by atoms with Gasteiger partial charge in [-0.25, -0.2) is 4.98 Å². The first-order valence-electron chi connectivity index (χ1n) is 8.87. The number of carbonyl (C=O) groups excluding carboxylic acids is 1. The molecule has 1 aromatic heterocycles. The molecular weight excluding hydrogens is 316 g/mol. The highest BCUT2D eigenvalue weighted by atomic mass is 16.5. The predicted molar refractivity (Wildman–Crippen MR) is 96.5 cm³/mol. The number of hydrogen-bond donors (Lipinski definition) is 1. The summed E-state index contributed by atoms with van der Waals surface area (Å²) >= 11 is 0. The van der Waals surface area contributed by atoms with Crippen LogP contribution >= 0.6 is 0 Å². The van der Waals surface area contributed by atoms with Crippen molar-refractivity contribution in [3.63, 3.8) is 0 Å². The van der Waals surface area contributed by atoms with Gasteiger partial charge in [0.25, 0.3) is 0 Å². The van der Waals surface area contributed by atoms with Gasteiger partial charge in [0.05, 0.1) is 13.2 Å². The molecule has 1 saturated heterocycles. The number of rotatable bonds is 6. The van der Waals surface area contributed by atoms with Crippen molar-refractivity contribution in [1.29, 1.82) is 0 Å². The topological polar surface area (TPSA) is 59.4 Å². The molecule has 1 aliphatic heterocycles. The summed E-state index contributed by atoms with van der Waals surface area (Å²) in [4.78, 5) is 19.2. The first-order chi connectivity index (χ1) is 12.2. The minimum Gasteiger partial charge on any atom is -0.497 e. The summed E-state index contributed by atoms with van der Waals surface area (Å²) < 4.78 is 7.30. The van der Waals surface area contributed by atoms with Crippen LogP contribution in [0.4, 0.5) is 0 Å². The number of nitrogens with zero attached hydrogens (tertiary/aromatic N) is 3. The summed E-state index contributed by atoms with van der Waals surface area (Å²) in [6, 6.07) is 8.06. The Morgan fingerprint density at radius 2 is 2.16 bits per heavy atom. The van der Waals surface area contributed by atoms with Crippen LogP contribution in [0.25, 0.3) is 0 Å². The SMILES string of the molecule is CCc1nccn1CCC(=O)N1CCNCC1c1ccc(OC)cc1. The lowest BCUT2D eigenvalue weighted by Gasteiger charge is -2.36. The van der Waals surface area contributed by atoms with Crippen LogP contribution in [-0.2, 0) is 17.8 Å². The Hall–Kier alpha value is -2.34. The fourth-order valence-electron chi connectivity index (χ4n) is 3.34. The Labute approximate surface area is 148 Å². The molecule has 1 aromatic carbocycles. The quantitative estimate of drug-likeness (QED) is 0.872. The van der Waals surface area contributed by atoms with Crippen LogP contribution in [0.5, 0.6) is 5.75 Å². The van der Waals surface area contributed by atoms with Gasteiger partial charge in [0.2, 0.25) is 5.91 Å². The fourth-order valence-corrected chi connectivity index (χ4v) is 3.34. The van der Waals surface area contributed by atoms with Crippen molar-refractivity contribution in [1.82, 2.24) is 19.8 Å². The largest absolute Gasteiger partial charge is 0.497 e. The van der Waals surface area contributed by atoms with Crippen LogP contribution < -0.4 is 10.1 Å². The lowest BCUT2D eigenvalue weighted by atomic mass is 10.0. The maximum absolute atomic E-state index is 12.8. The Bertz CT molecular complexity index is 696. The number of nitrogens with one attached hydrogen (secondary N) is 1. The third-order valence-electron chi connectivity index (χ3n) is 4.75. The second kappa shape index (κ2) is 8.16. The fraction of sp³-hybridized carbons (Fsp3) is 0.474. The van der Waals surface area contributed by atoms with E-state index in [9.17, 15) is 4.79 Å². The van der Waals surface area contributed by atoms with Crippen LogP contribution in [0.1, 0.15) is 30.8 Å². The number of methoxy groups -OCH3 is 1. The minimum atomic E-state index is 0.0700. The summed E-state index contributed by atoms with van der Waals surface area (Å²) in [5, 5.41) is 3.39. The highest BCUT2D eigenvalue weighted by Gasteiger charge is 2.27. The number of aromatic nitrogens is 2. The molecule has 134 valence electrons. The van der Waals surface area contributed by atoms with Gasteiger partial charge in [-0.15, -0.1) is 0 Å². The van der Waals surface area contributed by atoms with Gasteiger partial charge < -0.3 is 19.5 Å². The summed E-state index contributed by atoms with van der Waals surface area (Å²) in [6.07, 6.45) is 5.12. The molecule has 1 unspecified atom stereocenters. The van der Waals surface area contributed by atoms with E-state index < -0.39 is 0 Å². The van der Waals surface area contributed by atoms with Gasteiger partial charge in [-0.05, 0) is 17.7 Å². The number of imidazole rings is 1. The number of piperazine rings is 1. The normalized spacial score (nSPS) is 17.5. The van der Waals surface area contributed by atoms with Crippen LogP contribution in [0.2, 0.25) is 0 Å². The number of aryl methyl sites for hydroxylation is 2. The van der Waals surface area contributed by atoms with Gasteiger partial charge in [-0.2, -0.15) is 0 Å². The molecule has 1 fully saturated rings. The van der Waals surface area contributed by atoms with E-state index >= 15 is 0 Å². The van der Waals surface area contributed by atoms with Gasteiger partial charge >= 0.3 is 0 Å². The maximum Gasteiger partial charge on any atom is 0.224 e. The summed E-state index contributed by atoms with van der Waals surface area (Å²) in [5.41, 5.74) is 1.14. The number of carbonyl (C=O) groups is 1. The molecule has 3 rings (SSSR count). The highest BCUT2D eigenvalue weighted by molar-refractivity contribution is 5.77. The monoisotopic (exact) mass is 342 g/mol. The number of ether oxygens (including phenoxy) is 1. The summed E-state index contributed by atoms with van der Waals surface area (Å²) in [5.74, 6) is 2.05. The van der Waals surface area contributed by atoms with Gasteiger partial charge in [-0.3, -0.25) is 4.79 Å². The Balaban J connectivity index is 1.68. The average molecular weight is 342 g/mol. The van der Waals surface area contributed by atoms with E-state index in [0.29, 0.717) is 13.0 Å². The molecule has 6 heteroatoms. The first kappa shape index (κ1) is 17.5. The van der Waals surface area contributed by atoms with Gasteiger partial charge in [0.1, 0.15) is 11.6 Å². The smallest absolute Gasteiger partial charge is 0.224 e. The minimum absolute atomic E-state index is 0.0700. The lowest BCUT2D eigenvalue weighted by molar-refractivity contribution is -0.134. The van der Waals surface area contributed by atoms with Crippen LogP contribution in [-0.4, -0.2) is 47.1 Å². The van der Waals surface area contributed by atoms with Crippen LogP contribution in [0, 0.1) is 0 Å². The molecule has 2 aromatic rings. The molecule has 1 atom stereocenters.